The molecule has 1 aliphatic rings. The second kappa shape index (κ2) is 6.69. The van der Waals surface area contributed by atoms with Crippen molar-refractivity contribution in [2.45, 2.75) is 36.5 Å². The third-order valence-electron chi connectivity index (χ3n) is 3.13. The molecule has 2 rings (SSSR count). The van der Waals surface area contributed by atoms with E-state index in [1.165, 1.54) is 0 Å². The maximum atomic E-state index is 9.97. The molecule has 6 heteroatoms. The molecule has 1 saturated heterocycles. The molecule has 0 amide bonds. The molecule has 1 fully saturated rings. The Hall–Kier alpha value is -0.630. The van der Waals surface area contributed by atoms with E-state index in [1.54, 1.807) is 0 Å². The van der Waals surface area contributed by atoms with Crippen molar-refractivity contribution in [2.24, 2.45) is 0 Å². The second-order valence-corrected chi connectivity index (χ2v) is 5.00. The summed E-state index contributed by atoms with van der Waals surface area (Å²) in [6.07, 6.45) is -3.92. The first-order valence-electron chi connectivity index (χ1n) is 6.09. The van der Waals surface area contributed by atoms with Crippen molar-refractivity contribution in [3.63, 3.8) is 0 Å². The Labute approximate surface area is 117 Å². The standard InChI is InChI=1S/C13H18O5S/c14-6-9-10(15)11(16)12(13(19)18-9)17-7-8-4-2-1-3-5-8/h1-5,9-16,19H,6-7H2/t9-,10-,11+,12+,13-/m1/s1. The lowest BCUT2D eigenvalue weighted by molar-refractivity contribution is -0.221. The van der Waals surface area contributed by atoms with Gasteiger partial charge in [-0.3, -0.25) is 0 Å². The topological polar surface area (TPSA) is 79.2 Å². The fraction of sp³-hybridized carbons (Fsp3) is 0.538. The average molecular weight is 286 g/mol. The highest BCUT2D eigenvalue weighted by Gasteiger charge is 2.43. The van der Waals surface area contributed by atoms with Crippen molar-refractivity contribution in [1.29, 1.82) is 0 Å². The molecule has 0 bridgehead atoms. The molecule has 1 aromatic rings. The van der Waals surface area contributed by atoms with Gasteiger partial charge in [-0.05, 0) is 5.56 Å². The summed E-state index contributed by atoms with van der Waals surface area (Å²) in [5.41, 5.74) is 0.258. The highest BCUT2D eigenvalue weighted by molar-refractivity contribution is 7.80. The van der Waals surface area contributed by atoms with Crippen LogP contribution in [0, 0.1) is 0 Å². The molecule has 0 unspecified atom stereocenters. The highest BCUT2D eigenvalue weighted by atomic mass is 32.1. The Kier molecular flexibility index (Phi) is 5.20. The van der Waals surface area contributed by atoms with Crippen molar-refractivity contribution in [3.8, 4) is 0 Å². The molecule has 3 N–H and O–H groups in total. The Bertz CT molecular complexity index is 388. The number of hydrogen-bond donors (Lipinski definition) is 4. The molecular formula is C13H18O5S. The Morgan fingerprint density at radius 2 is 1.84 bits per heavy atom. The van der Waals surface area contributed by atoms with E-state index in [-0.39, 0.29) is 6.61 Å². The highest BCUT2D eigenvalue weighted by Crippen LogP contribution is 2.26. The van der Waals surface area contributed by atoms with Crippen molar-refractivity contribution >= 4 is 12.6 Å². The molecule has 1 heterocycles. The van der Waals surface area contributed by atoms with Gasteiger partial charge in [0.05, 0.1) is 13.2 Å². The van der Waals surface area contributed by atoms with Crippen LogP contribution in [0.5, 0.6) is 0 Å². The molecule has 0 aliphatic carbocycles. The van der Waals surface area contributed by atoms with E-state index in [9.17, 15) is 10.2 Å². The first kappa shape index (κ1) is 14.8. The van der Waals surface area contributed by atoms with Crippen molar-refractivity contribution in [3.05, 3.63) is 35.9 Å². The summed E-state index contributed by atoms with van der Waals surface area (Å²) in [4.78, 5) is 0. The van der Waals surface area contributed by atoms with Crippen molar-refractivity contribution in [1.82, 2.24) is 0 Å². The van der Waals surface area contributed by atoms with Gasteiger partial charge in [-0.15, -0.1) is 12.6 Å². The number of benzene rings is 1. The molecule has 0 aromatic heterocycles. The lowest BCUT2D eigenvalue weighted by Crippen LogP contribution is -2.57. The summed E-state index contributed by atoms with van der Waals surface area (Å²) in [6, 6.07) is 9.48. The van der Waals surface area contributed by atoms with Crippen LogP contribution in [-0.4, -0.2) is 51.8 Å². The molecule has 106 valence electrons. The summed E-state index contributed by atoms with van der Waals surface area (Å²) in [5.74, 6) is 0. The molecule has 0 spiro atoms. The second-order valence-electron chi connectivity index (χ2n) is 4.49. The fourth-order valence-corrected chi connectivity index (χ4v) is 2.44. The minimum Gasteiger partial charge on any atom is -0.394 e. The monoisotopic (exact) mass is 286 g/mol. The third kappa shape index (κ3) is 3.47. The van der Waals surface area contributed by atoms with Crippen molar-refractivity contribution in [2.75, 3.05) is 6.61 Å². The van der Waals surface area contributed by atoms with E-state index >= 15 is 0 Å². The summed E-state index contributed by atoms with van der Waals surface area (Å²) >= 11 is 4.19. The third-order valence-corrected chi connectivity index (χ3v) is 3.54. The normalized spacial score (nSPS) is 35.3. The van der Waals surface area contributed by atoms with Crippen LogP contribution in [0.1, 0.15) is 5.56 Å². The van der Waals surface area contributed by atoms with E-state index in [1.807, 2.05) is 30.3 Å². The van der Waals surface area contributed by atoms with E-state index in [4.69, 9.17) is 14.6 Å². The SMILES string of the molecule is OC[C@H]1O[C@H](S)[C@@H](OCc2ccccc2)[C@@H](O)[C@@H]1O. The van der Waals surface area contributed by atoms with Gasteiger partial charge in [-0.2, -0.15) is 0 Å². The average Bonchev–Trinajstić information content (AvgIpc) is 2.44. The molecule has 5 nitrogen and oxygen atoms in total. The van der Waals surface area contributed by atoms with Gasteiger partial charge in [0, 0.05) is 0 Å². The van der Waals surface area contributed by atoms with Crippen LogP contribution >= 0.6 is 12.6 Å². The van der Waals surface area contributed by atoms with Crippen LogP contribution < -0.4 is 0 Å². The van der Waals surface area contributed by atoms with E-state index in [2.05, 4.69) is 12.6 Å². The molecule has 1 aromatic carbocycles. The lowest BCUT2D eigenvalue weighted by Gasteiger charge is -2.40. The number of hydrogen-bond acceptors (Lipinski definition) is 6. The molecule has 1 aliphatic heterocycles. The van der Waals surface area contributed by atoms with Gasteiger partial charge in [0.2, 0.25) is 0 Å². The minimum atomic E-state index is -1.19. The maximum absolute atomic E-state index is 9.97. The van der Waals surface area contributed by atoms with Crippen LogP contribution in [0.2, 0.25) is 0 Å². The number of thiol groups is 1. The van der Waals surface area contributed by atoms with Gasteiger partial charge in [-0.1, -0.05) is 30.3 Å². The zero-order valence-electron chi connectivity index (χ0n) is 10.3. The van der Waals surface area contributed by atoms with Gasteiger partial charge < -0.3 is 24.8 Å². The number of aliphatic hydroxyl groups excluding tert-OH is 3. The summed E-state index contributed by atoms with van der Waals surface area (Å²) < 4.78 is 10.9. The molecule has 0 radical (unpaired) electrons. The quantitative estimate of drug-likeness (QED) is 0.583. The largest absolute Gasteiger partial charge is 0.394 e. The van der Waals surface area contributed by atoms with Gasteiger partial charge >= 0.3 is 0 Å². The first-order chi connectivity index (χ1) is 9.13. The predicted molar refractivity (Wildman–Crippen MR) is 71.8 cm³/mol. The molecular weight excluding hydrogens is 268 g/mol. The summed E-state index contributed by atoms with van der Waals surface area (Å²) in [6.45, 7) is -0.0831. The van der Waals surface area contributed by atoms with Crippen LogP contribution in [-0.2, 0) is 16.1 Å². The zero-order chi connectivity index (χ0) is 13.8. The summed E-state index contributed by atoms with van der Waals surface area (Å²) in [7, 11) is 0. The van der Waals surface area contributed by atoms with Crippen LogP contribution in [0.3, 0.4) is 0 Å². The molecule has 0 saturated carbocycles. The van der Waals surface area contributed by atoms with Gasteiger partial charge in [-0.25, -0.2) is 0 Å². The number of rotatable bonds is 4. The van der Waals surface area contributed by atoms with Crippen LogP contribution in [0.4, 0.5) is 0 Å². The Morgan fingerprint density at radius 1 is 1.16 bits per heavy atom. The Balaban J connectivity index is 1.96. The van der Waals surface area contributed by atoms with E-state index < -0.39 is 29.9 Å². The van der Waals surface area contributed by atoms with E-state index in [0.717, 1.165) is 5.56 Å². The number of ether oxygens (including phenoxy) is 2. The van der Waals surface area contributed by atoms with Gasteiger partial charge in [0.1, 0.15) is 29.9 Å². The van der Waals surface area contributed by atoms with E-state index in [0.29, 0.717) is 6.61 Å². The fourth-order valence-electron chi connectivity index (χ4n) is 2.02. The van der Waals surface area contributed by atoms with Gasteiger partial charge in [0.15, 0.2) is 0 Å². The minimum absolute atomic E-state index is 0.291. The number of aliphatic hydroxyl groups is 3. The van der Waals surface area contributed by atoms with Crippen LogP contribution in [0.15, 0.2) is 30.3 Å². The van der Waals surface area contributed by atoms with Gasteiger partial charge in [0.25, 0.3) is 0 Å². The molecule has 5 atom stereocenters. The molecule has 19 heavy (non-hydrogen) atoms. The summed E-state index contributed by atoms with van der Waals surface area (Å²) in [5, 5.41) is 28.8. The lowest BCUT2D eigenvalue weighted by atomic mass is 10.00. The zero-order valence-corrected chi connectivity index (χ0v) is 11.2. The predicted octanol–water partition coefficient (Wildman–Crippen LogP) is -0.0594. The Morgan fingerprint density at radius 3 is 2.47 bits per heavy atom. The van der Waals surface area contributed by atoms with Crippen LogP contribution in [0.25, 0.3) is 0 Å². The maximum Gasteiger partial charge on any atom is 0.129 e. The van der Waals surface area contributed by atoms with Crippen molar-refractivity contribution < 1.29 is 24.8 Å². The first-order valence-corrected chi connectivity index (χ1v) is 6.61. The smallest absolute Gasteiger partial charge is 0.129 e.